The van der Waals surface area contributed by atoms with Crippen LogP contribution in [-0.4, -0.2) is 115 Å². The van der Waals surface area contributed by atoms with Gasteiger partial charge in [-0.1, -0.05) is 0 Å². The summed E-state index contributed by atoms with van der Waals surface area (Å²) in [6.07, 6.45) is -11.1. The van der Waals surface area contributed by atoms with Crippen LogP contribution in [0.15, 0.2) is 23.4 Å². The van der Waals surface area contributed by atoms with E-state index >= 15 is 0 Å². The van der Waals surface area contributed by atoms with Crippen LogP contribution >= 0.6 is 0 Å². The summed E-state index contributed by atoms with van der Waals surface area (Å²) in [5, 5.41) is 79.5. The van der Waals surface area contributed by atoms with E-state index in [2.05, 4.69) is 0 Å². The van der Waals surface area contributed by atoms with E-state index in [0.29, 0.717) is 0 Å². The van der Waals surface area contributed by atoms with Crippen molar-refractivity contribution >= 4 is 5.97 Å². The molecule has 8 atom stereocenters. The monoisotopic (exact) mass is 466 g/mol. The molecule has 13 heteroatoms. The van der Waals surface area contributed by atoms with Crippen LogP contribution < -0.4 is 0 Å². The Balaban J connectivity index is 2.34. The summed E-state index contributed by atoms with van der Waals surface area (Å²) >= 11 is 0. The van der Waals surface area contributed by atoms with E-state index in [0.717, 1.165) is 5.57 Å². The normalized spacial score (nSPS) is 34.7. The maximum atomic E-state index is 12.5. The molecule has 2 aliphatic rings. The molecule has 0 saturated carbocycles. The fourth-order valence-electron chi connectivity index (χ4n) is 3.29. The average molecular weight is 466 g/mol. The summed E-state index contributed by atoms with van der Waals surface area (Å²) in [7, 11) is 0. The number of rotatable bonds is 10. The van der Waals surface area contributed by atoms with Crippen LogP contribution in [0.5, 0.6) is 0 Å². The number of aliphatic hydroxyl groups is 8. The van der Waals surface area contributed by atoms with E-state index in [1.807, 2.05) is 0 Å². The third kappa shape index (κ3) is 5.32. The lowest BCUT2D eigenvalue weighted by molar-refractivity contribution is -0.291. The van der Waals surface area contributed by atoms with Gasteiger partial charge >= 0.3 is 5.97 Å². The van der Waals surface area contributed by atoms with Gasteiger partial charge in [-0.05, 0) is 19.4 Å². The lowest BCUT2D eigenvalue weighted by Gasteiger charge is -2.39. The van der Waals surface area contributed by atoms with Crippen LogP contribution in [-0.2, 0) is 23.7 Å². The van der Waals surface area contributed by atoms with Gasteiger partial charge in [0.25, 0.3) is 0 Å². The van der Waals surface area contributed by atoms with Crippen molar-refractivity contribution < 1.29 is 64.6 Å². The number of carbonyl (C=O) groups is 1. The third-order valence-corrected chi connectivity index (χ3v) is 5.02. The molecule has 1 saturated heterocycles. The van der Waals surface area contributed by atoms with Gasteiger partial charge in [-0.25, -0.2) is 4.79 Å². The molecule has 1 fully saturated rings. The first-order valence-electron chi connectivity index (χ1n) is 9.84. The molecule has 32 heavy (non-hydrogen) atoms. The lowest BCUT2D eigenvalue weighted by Crippen LogP contribution is -2.59. The number of hydrogen-bond donors (Lipinski definition) is 8. The van der Waals surface area contributed by atoms with Crippen molar-refractivity contribution in [1.82, 2.24) is 0 Å². The molecule has 184 valence electrons. The molecule has 0 spiro atoms. The molecule has 2 unspecified atom stereocenters. The van der Waals surface area contributed by atoms with E-state index in [1.165, 1.54) is 6.26 Å². The van der Waals surface area contributed by atoms with E-state index in [1.54, 1.807) is 13.8 Å². The van der Waals surface area contributed by atoms with Crippen LogP contribution in [0.1, 0.15) is 20.3 Å². The largest absolute Gasteiger partial charge is 0.505 e. The summed E-state index contributed by atoms with van der Waals surface area (Å²) in [5.74, 6) is -3.17. The average Bonchev–Trinajstić information content (AvgIpc) is 2.98. The second kappa shape index (κ2) is 10.8. The van der Waals surface area contributed by atoms with Crippen LogP contribution in [0, 0.1) is 0 Å². The molecule has 2 rings (SSSR count). The van der Waals surface area contributed by atoms with Gasteiger partial charge in [0.2, 0.25) is 17.7 Å². The van der Waals surface area contributed by atoms with Gasteiger partial charge in [0.05, 0.1) is 25.6 Å². The number of hydrogen-bond acceptors (Lipinski definition) is 13. The minimum absolute atomic E-state index is 0.478. The quantitative estimate of drug-likeness (QED) is 0.118. The fraction of sp³-hybridized carbons (Fsp3) is 0.737. The van der Waals surface area contributed by atoms with E-state index in [9.17, 15) is 45.6 Å². The highest BCUT2D eigenvalue weighted by molar-refractivity contribution is 5.90. The first kappa shape index (κ1) is 26.3. The van der Waals surface area contributed by atoms with Gasteiger partial charge in [-0.2, -0.15) is 0 Å². The minimum Gasteiger partial charge on any atom is -0.505 e. The number of carbonyl (C=O) groups excluding carboxylic acids is 1. The number of aliphatic hydroxyl groups excluding tert-OH is 8. The van der Waals surface area contributed by atoms with Gasteiger partial charge in [0.1, 0.15) is 37.1 Å². The highest BCUT2D eigenvalue weighted by Gasteiger charge is 2.57. The highest BCUT2D eigenvalue weighted by atomic mass is 16.7. The van der Waals surface area contributed by atoms with Crippen molar-refractivity contribution in [1.29, 1.82) is 0 Å². The molecule has 0 aromatic heterocycles. The Labute approximate surface area is 183 Å². The SMILES string of the molecule is CC(C)=COC[C@H](O)[C@@]1(CC(O)CO)OC(=O)C(OC2O[C@H](CO)[C@@H](O)[C@H](O)[C@H]2O)=C1O. The van der Waals surface area contributed by atoms with Crippen molar-refractivity contribution in [2.75, 3.05) is 19.8 Å². The maximum Gasteiger partial charge on any atom is 0.378 e. The molecule has 13 nitrogen and oxygen atoms in total. The van der Waals surface area contributed by atoms with E-state index in [-0.39, 0.29) is 0 Å². The zero-order valence-electron chi connectivity index (χ0n) is 17.6. The Hall–Kier alpha value is -1.97. The standard InChI is InChI=1S/C19H30O13/c1-8(2)6-29-7-11(23)19(3-9(22)4-20)16(27)15(17(28)32-19)31-18-14(26)13(25)12(24)10(5-21)30-18/h6,9-14,18,20-27H,3-5,7H2,1-2H3/t9?,10-,11+,12-,13+,14-,18?,19-/m1/s1. The number of ether oxygens (including phenoxy) is 4. The number of allylic oxidation sites excluding steroid dienone is 1. The molecule has 2 aliphatic heterocycles. The van der Waals surface area contributed by atoms with Gasteiger partial charge in [-0.15, -0.1) is 0 Å². The Morgan fingerprint density at radius 2 is 1.81 bits per heavy atom. The van der Waals surface area contributed by atoms with E-state index < -0.39 is 92.2 Å². The van der Waals surface area contributed by atoms with Crippen LogP contribution in [0.2, 0.25) is 0 Å². The van der Waals surface area contributed by atoms with Crippen LogP contribution in [0.25, 0.3) is 0 Å². The smallest absolute Gasteiger partial charge is 0.378 e. The first-order chi connectivity index (χ1) is 15.0. The molecule has 0 bridgehead atoms. The van der Waals surface area contributed by atoms with Crippen molar-refractivity contribution in [2.45, 2.75) is 68.8 Å². The Morgan fingerprint density at radius 1 is 1.16 bits per heavy atom. The summed E-state index contributed by atoms with van der Waals surface area (Å²) in [6, 6.07) is 0. The second-order valence-corrected chi connectivity index (χ2v) is 7.86. The zero-order valence-corrected chi connectivity index (χ0v) is 17.6. The highest BCUT2D eigenvalue weighted by Crippen LogP contribution is 2.40. The van der Waals surface area contributed by atoms with Crippen molar-refractivity contribution in [3.63, 3.8) is 0 Å². The minimum atomic E-state index is -2.27. The Morgan fingerprint density at radius 3 is 2.38 bits per heavy atom. The molecular formula is C19H30O13. The lowest BCUT2D eigenvalue weighted by atomic mass is 9.88. The van der Waals surface area contributed by atoms with Gasteiger partial charge in [0, 0.05) is 6.42 Å². The third-order valence-electron chi connectivity index (χ3n) is 5.02. The zero-order chi connectivity index (χ0) is 24.2. The topological polar surface area (TPSA) is 216 Å². The van der Waals surface area contributed by atoms with Crippen molar-refractivity contribution in [3.8, 4) is 0 Å². The predicted molar refractivity (Wildman–Crippen MR) is 102 cm³/mol. The van der Waals surface area contributed by atoms with Gasteiger partial charge in [0.15, 0.2) is 5.76 Å². The molecule has 0 radical (unpaired) electrons. The first-order valence-corrected chi connectivity index (χ1v) is 9.84. The summed E-state index contributed by atoms with van der Waals surface area (Å²) in [5.41, 5.74) is -1.52. The second-order valence-electron chi connectivity index (χ2n) is 7.86. The Bertz CT molecular complexity index is 716. The molecule has 0 aromatic rings. The number of cyclic esters (lactones) is 1. The van der Waals surface area contributed by atoms with Crippen molar-refractivity contribution in [3.05, 3.63) is 23.4 Å². The van der Waals surface area contributed by atoms with Gasteiger partial charge in [-0.3, -0.25) is 0 Å². The maximum absolute atomic E-state index is 12.5. The summed E-state index contributed by atoms with van der Waals surface area (Å²) in [6.45, 7) is 1.42. The summed E-state index contributed by atoms with van der Waals surface area (Å²) in [4.78, 5) is 12.5. The molecular weight excluding hydrogens is 436 g/mol. The molecule has 0 aliphatic carbocycles. The fourth-order valence-corrected chi connectivity index (χ4v) is 3.29. The molecule has 0 amide bonds. The summed E-state index contributed by atoms with van der Waals surface area (Å²) < 4.78 is 20.6. The predicted octanol–water partition coefficient (Wildman–Crippen LogP) is -3.09. The van der Waals surface area contributed by atoms with E-state index in [4.69, 9.17) is 18.9 Å². The van der Waals surface area contributed by atoms with Crippen LogP contribution in [0.4, 0.5) is 0 Å². The molecule has 8 N–H and O–H groups in total. The van der Waals surface area contributed by atoms with Crippen LogP contribution in [0.3, 0.4) is 0 Å². The van der Waals surface area contributed by atoms with Crippen molar-refractivity contribution in [2.24, 2.45) is 0 Å². The molecule has 2 heterocycles. The Kier molecular flexibility index (Phi) is 8.84. The van der Waals surface area contributed by atoms with Gasteiger partial charge < -0.3 is 59.8 Å². The molecule has 0 aromatic carbocycles. The number of esters is 1.